The predicted octanol–water partition coefficient (Wildman–Crippen LogP) is 3.60. The average molecular weight is 358 g/mol. The van der Waals surface area contributed by atoms with E-state index in [-0.39, 0.29) is 0 Å². The molecule has 0 saturated heterocycles. The van der Waals surface area contributed by atoms with E-state index in [0.717, 1.165) is 48.7 Å². The molecule has 1 aliphatic heterocycles. The van der Waals surface area contributed by atoms with Gasteiger partial charge in [0.25, 0.3) is 0 Å². The zero-order valence-corrected chi connectivity index (χ0v) is 14.1. The smallest absolute Gasteiger partial charge is 0.175 e. The van der Waals surface area contributed by atoms with Crippen LogP contribution in [0.5, 0.6) is 11.5 Å². The Morgan fingerprint density at radius 1 is 1.30 bits per heavy atom. The van der Waals surface area contributed by atoms with Crippen molar-refractivity contribution in [2.75, 3.05) is 26.0 Å². The third kappa shape index (κ3) is 3.26. The molecule has 0 aromatic heterocycles. The molecule has 1 heterocycles. The highest BCUT2D eigenvalue weighted by molar-refractivity contribution is 9.10. The molecule has 1 aromatic carbocycles. The standard InChI is InChI=1S/C15H20BrNO2S/c1-20-15(3-4-15)10-17-9-11-7-12(16)14-13(8-11)18-5-2-6-19-14/h7-8,17H,2-6,9-10H2,1H3. The number of hydrogen-bond donors (Lipinski definition) is 1. The van der Waals surface area contributed by atoms with Crippen molar-refractivity contribution in [1.29, 1.82) is 0 Å². The molecule has 0 amide bonds. The molecule has 1 aliphatic carbocycles. The summed E-state index contributed by atoms with van der Waals surface area (Å²) in [6.45, 7) is 3.41. The van der Waals surface area contributed by atoms with Gasteiger partial charge in [-0.2, -0.15) is 11.8 Å². The number of hydrogen-bond acceptors (Lipinski definition) is 4. The quantitative estimate of drug-likeness (QED) is 0.871. The van der Waals surface area contributed by atoms with Crippen LogP contribution in [0.4, 0.5) is 0 Å². The monoisotopic (exact) mass is 357 g/mol. The number of ether oxygens (including phenoxy) is 2. The Balaban J connectivity index is 1.65. The lowest BCUT2D eigenvalue weighted by Gasteiger charge is -2.15. The van der Waals surface area contributed by atoms with E-state index in [9.17, 15) is 0 Å². The minimum atomic E-state index is 0.503. The van der Waals surface area contributed by atoms with Crippen LogP contribution >= 0.6 is 27.7 Å². The lowest BCUT2D eigenvalue weighted by molar-refractivity contribution is 0.296. The first kappa shape index (κ1) is 14.5. The molecule has 1 saturated carbocycles. The Morgan fingerprint density at radius 2 is 2.10 bits per heavy atom. The van der Waals surface area contributed by atoms with Crippen molar-refractivity contribution in [3.63, 3.8) is 0 Å². The van der Waals surface area contributed by atoms with Crippen LogP contribution in [-0.4, -0.2) is 30.8 Å². The first-order valence-electron chi connectivity index (χ1n) is 7.06. The van der Waals surface area contributed by atoms with E-state index in [2.05, 4.69) is 39.6 Å². The molecular formula is C15H20BrNO2S. The Morgan fingerprint density at radius 3 is 2.85 bits per heavy atom. The highest BCUT2D eigenvalue weighted by atomic mass is 79.9. The highest BCUT2D eigenvalue weighted by Gasteiger charge is 2.41. The summed E-state index contributed by atoms with van der Waals surface area (Å²) in [4.78, 5) is 0. The van der Waals surface area contributed by atoms with E-state index in [4.69, 9.17) is 9.47 Å². The maximum absolute atomic E-state index is 5.76. The van der Waals surface area contributed by atoms with E-state index >= 15 is 0 Å². The topological polar surface area (TPSA) is 30.5 Å². The summed E-state index contributed by atoms with van der Waals surface area (Å²) in [6, 6.07) is 4.22. The van der Waals surface area contributed by atoms with Crippen molar-refractivity contribution in [2.24, 2.45) is 0 Å². The molecule has 3 rings (SSSR count). The van der Waals surface area contributed by atoms with Crippen LogP contribution in [0.3, 0.4) is 0 Å². The van der Waals surface area contributed by atoms with Crippen LogP contribution in [0.1, 0.15) is 24.8 Å². The molecule has 110 valence electrons. The molecular weight excluding hydrogens is 338 g/mol. The molecule has 5 heteroatoms. The van der Waals surface area contributed by atoms with Gasteiger partial charge in [-0.25, -0.2) is 0 Å². The summed E-state index contributed by atoms with van der Waals surface area (Å²) < 4.78 is 13.0. The molecule has 2 aliphatic rings. The average Bonchev–Trinajstić information content (AvgIpc) is 3.23. The molecule has 3 nitrogen and oxygen atoms in total. The van der Waals surface area contributed by atoms with E-state index in [1.165, 1.54) is 18.4 Å². The minimum absolute atomic E-state index is 0.503. The molecule has 1 aromatic rings. The fraction of sp³-hybridized carbons (Fsp3) is 0.600. The Hall–Kier alpha value is -0.390. The van der Waals surface area contributed by atoms with Crippen molar-refractivity contribution in [1.82, 2.24) is 5.32 Å². The third-order valence-electron chi connectivity index (χ3n) is 3.88. The maximum Gasteiger partial charge on any atom is 0.175 e. The molecule has 1 fully saturated rings. The van der Waals surface area contributed by atoms with Crippen LogP contribution in [0.15, 0.2) is 16.6 Å². The van der Waals surface area contributed by atoms with Crippen molar-refractivity contribution in [3.05, 3.63) is 22.2 Å². The molecule has 0 spiro atoms. The first-order chi connectivity index (χ1) is 9.72. The highest BCUT2D eigenvalue weighted by Crippen LogP contribution is 2.46. The second-order valence-electron chi connectivity index (χ2n) is 5.45. The Labute approximate surface area is 132 Å². The summed E-state index contributed by atoms with van der Waals surface area (Å²) in [5, 5.41) is 3.57. The fourth-order valence-corrected chi connectivity index (χ4v) is 3.77. The second-order valence-corrected chi connectivity index (χ2v) is 7.57. The Bertz CT molecular complexity index is 491. The predicted molar refractivity (Wildman–Crippen MR) is 86.9 cm³/mol. The number of nitrogens with one attached hydrogen (secondary N) is 1. The van der Waals surface area contributed by atoms with Crippen LogP contribution in [0.2, 0.25) is 0 Å². The van der Waals surface area contributed by atoms with Gasteiger partial charge in [0.05, 0.1) is 17.7 Å². The summed E-state index contributed by atoms with van der Waals surface area (Å²) >= 11 is 5.57. The zero-order valence-electron chi connectivity index (χ0n) is 11.7. The molecule has 0 radical (unpaired) electrons. The van der Waals surface area contributed by atoms with Gasteiger partial charge in [-0.15, -0.1) is 0 Å². The van der Waals surface area contributed by atoms with Crippen LogP contribution in [0, 0.1) is 0 Å². The van der Waals surface area contributed by atoms with Gasteiger partial charge in [-0.1, -0.05) is 0 Å². The normalized spacial score (nSPS) is 19.5. The Kier molecular flexibility index (Phi) is 4.48. The van der Waals surface area contributed by atoms with Crippen LogP contribution < -0.4 is 14.8 Å². The molecule has 1 N–H and O–H groups in total. The van der Waals surface area contributed by atoms with Crippen LogP contribution in [-0.2, 0) is 6.54 Å². The third-order valence-corrected chi connectivity index (χ3v) is 5.89. The SMILES string of the molecule is CSC1(CNCc2cc(Br)c3c(c2)OCCCO3)CC1. The van der Waals surface area contributed by atoms with Gasteiger partial charge in [0.1, 0.15) is 0 Å². The van der Waals surface area contributed by atoms with E-state index in [1.54, 1.807) is 0 Å². The second kappa shape index (κ2) is 6.16. The first-order valence-corrected chi connectivity index (χ1v) is 9.08. The summed E-state index contributed by atoms with van der Waals surface area (Å²) in [7, 11) is 0. The van der Waals surface area contributed by atoms with Crippen LogP contribution in [0.25, 0.3) is 0 Å². The molecule has 0 atom stereocenters. The van der Waals surface area contributed by atoms with Gasteiger partial charge in [-0.05, 0) is 52.7 Å². The maximum atomic E-state index is 5.76. The number of benzene rings is 1. The van der Waals surface area contributed by atoms with Crippen molar-refractivity contribution in [2.45, 2.75) is 30.6 Å². The summed E-state index contributed by atoms with van der Waals surface area (Å²) in [5.74, 6) is 1.70. The van der Waals surface area contributed by atoms with E-state index in [0.29, 0.717) is 4.75 Å². The number of thioether (sulfide) groups is 1. The van der Waals surface area contributed by atoms with Crippen molar-refractivity contribution >= 4 is 27.7 Å². The van der Waals surface area contributed by atoms with E-state index in [1.807, 2.05) is 11.8 Å². The van der Waals surface area contributed by atoms with Crippen molar-refractivity contribution < 1.29 is 9.47 Å². The fourth-order valence-electron chi connectivity index (χ4n) is 2.41. The van der Waals surface area contributed by atoms with Gasteiger partial charge in [0.15, 0.2) is 11.5 Å². The lowest BCUT2D eigenvalue weighted by Crippen LogP contribution is -2.25. The summed E-state index contributed by atoms with van der Waals surface area (Å²) in [6.07, 6.45) is 5.82. The van der Waals surface area contributed by atoms with Gasteiger partial charge in [-0.3, -0.25) is 0 Å². The van der Waals surface area contributed by atoms with Gasteiger partial charge < -0.3 is 14.8 Å². The minimum Gasteiger partial charge on any atom is -0.490 e. The van der Waals surface area contributed by atoms with E-state index < -0.39 is 0 Å². The summed E-state index contributed by atoms with van der Waals surface area (Å²) in [5.41, 5.74) is 1.23. The van der Waals surface area contributed by atoms with Crippen molar-refractivity contribution in [3.8, 4) is 11.5 Å². The van der Waals surface area contributed by atoms with Gasteiger partial charge in [0, 0.05) is 24.3 Å². The number of halogens is 1. The largest absolute Gasteiger partial charge is 0.490 e. The lowest BCUT2D eigenvalue weighted by atomic mass is 10.2. The van der Waals surface area contributed by atoms with Gasteiger partial charge in [0.2, 0.25) is 0 Å². The molecule has 0 unspecified atom stereocenters. The van der Waals surface area contributed by atoms with Gasteiger partial charge >= 0.3 is 0 Å². The molecule has 20 heavy (non-hydrogen) atoms. The zero-order chi connectivity index (χ0) is 14.0. The number of rotatable bonds is 5. The molecule has 0 bridgehead atoms. The number of fused-ring (bicyclic) bond motifs is 1.